The number of carbonyl (C=O) groups is 3. The van der Waals surface area contributed by atoms with Gasteiger partial charge in [0.05, 0.1) is 29.5 Å². The average Bonchev–Trinajstić information content (AvgIpc) is 3.36. The predicted octanol–water partition coefficient (Wildman–Crippen LogP) is 1.42. The van der Waals surface area contributed by atoms with Crippen LogP contribution in [0.3, 0.4) is 0 Å². The fraction of sp³-hybridized carbons (Fsp3) is 0.278. The first-order valence-corrected chi connectivity index (χ1v) is 8.54. The average molecular weight is 402 g/mol. The van der Waals surface area contributed by atoms with E-state index in [4.69, 9.17) is 18.4 Å². The van der Waals surface area contributed by atoms with E-state index in [-0.39, 0.29) is 17.8 Å². The molecule has 0 bridgehead atoms. The molecule has 152 valence electrons. The lowest BCUT2D eigenvalue weighted by Crippen LogP contribution is -2.42. The van der Waals surface area contributed by atoms with Crippen molar-refractivity contribution in [3.8, 4) is 11.5 Å². The van der Waals surface area contributed by atoms with E-state index in [2.05, 4.69) is 15.5 Å². The van der Waals surface area contributed by atoms with Gasteiger partial charge in [-0.25, -0.2) is 14.6 Å². The maximum atomic E-state index is 12.6. The van der Waals surface area contributed by atoms with Crippen LogP contribution in [-0.4, -0.2) is 54.9 Å². The number of nitrogens with one attached hydrogen (secondary N) is 2. The number of pyridine rings is 1. The number of aryl methyl sites for hydroxylation is 1. The van der Waals surface area contributed by atoms with E-state index in [1.807, 2.05) is 5.32 Å². The number of hydrogen-bond acceptors (Lipinski definition) is 9. The van der Waals surface area contributed by atoms with Crippen molar-refractivity contribution in [3.63, 3.8) is 0 Å². The summed E-state index contributed by atoms with van der Waals surface area (Å²) in [6.45, 7) is 1.52. The van der Waals surface area contributed by atoms with Crippen LogP contribution >= 0.6 is 0 Å². The Morgan fingerprint density at radius 2 is 2.10 bits per heavy atom. The Balaban J connectivity index is 1.71. The van der Waals surface area contributed by atoms with Gasteiger partial charge >= 0.3 is 12.0 Å². The smallest absolute Gasteiger partial charge is 0.339 e. The Hall–Kier alpha value is -3.73. The van der Waals surface area contributed by atoms with Gasteiger partial charge < -0.3 is 23.7 Å². The summed E-state index contributed by atoms with van der Waals surface area (Å²) >= 11 is 0. The van der Waals surface area contributed by atoms with E-state index in [9.17, 15) is 14.4 Å². The molecule has 3 aromatic rings. The molecule has 0 spiro atoms. The summed E-state index contributed by atoms with van der Waals surface area (Å²) in [5.41, 5.74) is 1.02. The molecule has 0 aliphatic carbocycles. The van der Waals surface area contributed by atoms with Gasteiger partial charge in [-0.1, -0.05) is 5.16 Å². The second-order valence-corrected chi connectivity index (χ2v) is 5.85. The molecule has 0 aromatic carbocycles. The van der Waals surface area contributed by atoms with Crippen LogP contribution in [0, 0.1) is 6.92 Å². The first-order valence-electron chi connectivity index (χ1n) is 8.54. The first kappa shape index (κ1) is 20.0. The molecule has 3 heterocycles. The number of ether oxygens (including phenoxy) is 2. The van der Waals surface area contributed by atoms with Gasteiger partial charge in [0.1, 0.15) is 5.69 Å². The minimum Gasteiger partial charge on any atom is -0.463 e. The number of hydrogen-bond donors (Lipinski definition) is 2. The van der Waals surface area contributed by atoms with Crippen molar-refractivity contribution < 1.29 is 32.8 Å². The fourth-order valence-corrected chi connectivity index (χ4v) is 2.49. The summed E-state index contributed by atoms with van der Waals surface area (Å²) < 4.78 is 20.3. The number of methoxy groups -OCH3 is 1. The summed E-state index contributed by atoms with van der Waals surface area (Å²) in [6, 6.07) is 4.09. The number of aromatic nitrogens is 2. The molecule has 0 aliphatic rings. The summed E-state index contributed by atoms with van der Waals surface area (Å²) in [7, 11) is 1.48. The molecule has 11 heteroatoms. The minimum atomic E-state index is -0.800. The molecule has 29 heavy (non-hydrogen) atoms. The minimum absolute atomic E-state index is 0.109. The number of fused-ring (bicyclic) bond motifs is 1. The molecule has 3 aromatic heterocycles. The molecule has 11 nitrogen and oxygen atoms in total. The predicted molar refractivity (Wildman–Crippen MR) is 97.9 cm³/mol. The highest BCUT2D eigenvalue weighted by Crippen LogP contribution is 2.27. The number of esters is 1. The van der Waals surface area contributed by atoms with Gasteiger partial charge in [0, 0.05) is 13.7 Å². The standard InChI is InChI=1S/C18H18N4O7/c1-10-15-11(8-12(13-4-3-6-27-13)20-16(15)29-22-10)17(24)28-9-14(23)21-18(25)19-5-7-26-2/h3-4,6,8H,5,7,9H2,1-2H3,(H2,19,21,23,25). The number of imide groups is 1. The normalized spacial score (nSPS) is 10.7. The van der Waals surface area contributed by atoms with Crippen LogP contribution in [0.2, 0.25) is 0 Å². The molecule has 0 radical (unpaired) electrons. The molecule has 0 saturated heterocycles. The largest absolute Gasteiger partial charge is 0.463 e. The highest BCUT2D eigenvalue weighted by Gasteiger charge is 2.22. The topological polar surface area (TPSA) is 146 Å². The molecule has 0 saturated carbocycles. The van der Waals surface area contributed by atoms with Gasteiger partial charge in [0.25, 0.3) is 11.6 Å². The summed E-state index contributed by atoms with van der Waals surface area (Å²) in [5, 5.41) is 8.63. The number of urea groups is 1. The van der Waals surface area contributed by atoms with Crippen molar-refractivity contribution in [2.75, 3.05) is 26.9 Å². The van der Waals surface area contributed by atoms with Crippen molar-refractivity contribution in [3.05, 3.63) is 35.7 Å². The summed E-state index contributed by atoms with van der Waals surface area (Å²) in [6.07, 6.45) is 1.47. The SMILES string of the molecule is COCCNC(=O)NC(=O)COC(=O)c1cc(-c2ccco2)nc2onc(C)c12. The van der Waals surface area contributed by atoms with E-state index in [1.54, 1.807) is 19.1 Å². The highest BCUT2D eigenvalue weighted by atomic mass is 16.5. The Kier molecular flexibility index (Phi) is 6.19. The third-order valence-corrected chi connectivity index (χ3v) is 3.79. The number of carbonyl (C=O) groups excluding carboxylic acids is 3. The first-order chi connectivity index (χ1) is 14.0. The van der Waals surface area contributed by atoms with Gasteiger partial charge in [-0.3, -0.25) is 10.1 Å². The monoisotopic (exact) mass is 402 g/mol. The van der Waals surface area contributed by atoms with Crippen LogP contribution < -0.4 is 10.6 Å². The third kappa shape index (κ3) is 4.76. The summed E-state index contributed by atoms with van der Waals surface area (Å²) in [4.78, 5) is 40.2. The summed E-state index contributed by atoms with van der Waals surface area (Å²) in [5.74, 6) is -1.17. The van der Waals surface area contributed by atoms with Gasteiger partial charge in [0.15, 0.2) is 12.4 Å². The van der Waals surface area contributed by atoms with E-state index in [0.717, 1.165) is 0 Å². The van der Waals surface area contributed by atoms with Crippen molar-refractivity contribution in [1.29, 1.82) is 0 Å². The Morgan fingerprint density at radius 3 is 2.83 bits per heavy atom. The highest BCUT2D eigenvalue weighted by molar-refractivity contribution is 6.05. The second kappa shape index (κ2) is 8.97. The lowest BCUT2D eigenvalue weighted by atomic mass is 10.1. The zero-order chi connectivity index (χ0) is 20.8. The van der Waals surface area contributed by atoms with Crippen LogP contribution in [-0.2, 0) is 14.3 Å². The Bertz CT molecular complexity index is 1030. The zero-order valence-corrected chi connectivity index (χ0v) is 15.7. The number of amides is 3. The van der Waals surface area contributed by atoms with E-state index < -0.39 is 24.5 Å². The molecule has 2 N–H and O–H groups in total. The van der Waals surface area contributed by atoms with E-state index >= 15 is 0 Å². The van der Waals surface area contributed by atoms with E-state index in [0.29, 0.717) is 29.1 Å². The molecule has 3 amide bonds. The van der Waals surface area contributed by atoms with Crippen LogP contribution in [0.5, 0.6) is 0 Å². The molecule has 0 fully saturated rings. The van der Waals surface area contributed by atoms with Gasteiger partial charge in [-0.05, 0) is 25.1 Å². The van der Waals surface area contributed by atoms with Crippen LogP contribution in [0.15, 0.2) is 33.4 Å². The van der Waals surface area contributed by atoms with Crippen molar-refractivity contribution >= 4 is 29.0 Å². The van der Waals surface area contributed by atoms with Gasteiger partial charge in [-0.2, -0.15) is 0 Å². The molecule has 0 atom stereocenters. The quantitative estimate of drug-likeness (QED) is 0.442. The molecule has 0 aliphatic heterocycles. The third-order valence-electron chi connectivity index (χ3n) is 3.79. The molecule has 0 unspecified atom stereocenters. The van der Waals surface area contributed by atoms with Crippen molar-refractivity contribution in [2.24, 2.45) is 0 Å². The number of rotatable bonds is 7. The maximum absolute atomic E-state index is 12.6. The van der Waals surface area contributed by atoms with Crippen molar-refractivity contribution in [1.82, 2.24) is 20.8 Å². The lowest BCUT2D eigenvalue weighted by Gasteiger charge is -2.08. The maximum Gasteiger partial charge on any atom is 0.339 e. The van der Waals surface area contributed by atoms with Crippen LogP contribution in [0.4, 0.5) is 4.79 Å². The lowest BCUT2D eigenvalue weighted by molar-refractivity contribution is -0.123. The van der Waals surface area contributed by atoms with Crippen molar-refractivity contribution in [2.45, 2.75) is 6.92 Å². The molecule has 3 rings (SSSR count). The van der Waals surface area contributed by atoms with Gasteiger partial charge in [0.2, 0.25) is 0 Å². The van der Waals surface area contributed by atoms with Crippen LogP contribution in [0.25, 0.3) is 22.6 Å². The van der Waals surface area contributed by atoms with E-state index in [1.165, 1.54) is 19.4 Å². The Morgan fingerprint density at radius 1 is 1.28 bits per heavy atom. The molecular formula is C18H18N4O7. The van der Waals surface area contributed by atoms with Crippen LogP contribution in [0.1, 0.15) is 16.1 Å². The van der Waals surface area contributed by atoms with Gasteiger partial charge in [-0.15, -0.1) is 0 Å². The second-order valence-electron chi connectivity index (χ2n) is 5.85. The Labute approximate surface area is 164 Å². The fourth-order valence-electron chi connectivity index (χ4n) is 2.49. The number of furan rings is 1. The zero-order valence-electron chi connectivity index (χ0n) is 15.7. The number of nitrogens with zero attached hydrogens (tertiary/aromatic N) is 2. The molecular weight excluding hydrogens is 384 g/mol.